The van der Waals surface area contributed by atoms with Crippen LogP contribution >= 0.6 is 0 Å². The Labute approximate surface area is 164 Å². The summed E-state index contributed by atoms with van der Waals surface area (Å²) in [5, 5.41) is 0. The minimum absolute atomic E-state index is 0.0569. The zero-order valence-electron chi connectivity index (χ0n) is 16.0. The van der Waals surface area contributed by atoms with Crippen molar-refractivity contribution in [2.45, 2.75) is 6.42 Å². The maximum atomic E-state index is 12.7. The number of fused-ring (bicyclic) bond motifs is 1. The maximum Gasteiger partial charge on any atom is 0.190 e. The lowest BCUT2D eigenvalue weighted by Gasteiger charge is -2.15. The van der Waals surface area contributed by atoms with Crippen LogP contribution in [0.1, 0.15) is 26.3 Å². The van der Waals surface area contributed by atoms with Crippen molar-refractivity contribution in [3.8, 4) is 11.1 Å². The minimum atomic E-state index is -0.0946. The first-order chi connectivity index (χ1) is 13.5. The highest BCUT2D eigenvalue weighted by molar-refractivity contribution is 6.24. The van der Waals surface area contributed by atoms with Crippen LogP contribution in [0.15, 0.2) is 84.4 Å². The summed E-state index contributed by atoms with van der Waals surface area (Å²) in [5.74, 6) is -0.152. The van der Waals surface area contributed by atoms with Gasteiger partial charge in [0.1, 0.15) is 0 Å². The lowest BCUT2D eigenvalue weighted by atomic mass is 9.86. The second-order valence-corrected chi connectivity index (χ2v) is 7.22. The van der Waals surface area contributed by atoms with Gasteiger partial charge in [-0.1, -0.05) is 60.7 Å². The van der Waals surface area contributed by atoms with E-state index in [1.54, 1.807) is 24.3 Å². The Kier molecular flexibility index (Phi) is 4.66. The number of carbonyl (C=O) groups excluding carboxylic acids is 2. The van der Waals surface area contributed by atoms with E-state index in [0.717, 1.165) is 22.4 Å². The van der Waals surface area contributed by atoms with Crippen molar-refractivity contribution in [3.05, 3.63) is 101 Å². The topological polar surface area (TPSA) is 37.4 Å². The van der Waals surface area contributed by atoms with E-state index in [9.17, 15) is 9.59 Å². The summed E-state index contributed by atoms with van der Waals surface area (Å²) in [4.78, 5) is 27.1. The van der Waals surface area contributed by atoms with Crippen molar-refractivity contribution in [2.75, 3.05) is 19.0 Å². The summed E-state index contributed by atoms with van der Waals surface area (Å²) in [7, 11) is 4.04. The second-order valence-electron chi connectivity index (χ2n) is 7.22. The molecule has 3 heteroatoms. The molecular weight excluding hydrogens is 346 g/mol. The molecule has 0 unspecified atom stereocenters. The number of Topliss-reactive ketones (excluding diaryl/α,β-unsaturated/α-hetero) is 1. The Morgan fingerprint density at radius 3 is 1.89 bits per heavy atom. The van der Waals surface area contributed by atoms with E-state index in [0.29, 0.717) is 23.1 Å². The summed E-state index contributed by atoms with van der Waals surface area (Å²) < 4.78 is 0. The molecule has 3 aromatic rings. The van der Waals surface area contributed by atoms with Crippen LogP contribution in [-0.4, -0.2) is 25.7 Å². The molecule has 0 fully saturated rings. The number of rotatable bonds is 4. The van der Waals surface area contributed by atoms with Crippen LogP contribution in [0, 0.1) is 0 Å². The molecule has 0 saturated carbocycles. The molecular formula is C25H21NO2. The number of ketones is 2. The van der Waals surface area contributed by atoms with Crippen LogP contribution in [0.4, 0.5) is 5.69 Å². The Morgan fingerprint density at radius 2 is 1.29 bits per heavy atom. The average Bonchev–Trinajstić information content (AvgIpc) is 2.72. The van der Waals surface area contributed by atoms with E-state index in [-0.39, 0.29) is 11.6 Å². The molecule has 0 aliphatic heterocycles. The maximum absolute atomic E-state index is 12.7. The van der Waals surface area contributed by atoms with Crippen molar-refractivity contribution in [2.24, 2.45) is 0 Å². The van der Waals surface area contributed by atoms with Crippen molar-refractivity contribution in [1.29, 1.82) is 0 Å². The summed E-state index contributed by atoms with van der Waals surface area (Å²) in [6.45, 7) is 0. The largest absolute Gasteiger partial charge is 0.378 e. The molecule has 0 spiro atoms. The predicted molar refractivity (Wildman–Crippen MR) is 113 cm³/mol. The van der Waals surface area contributed by atoms with Gasteiger partial charge in [-0.3, -0.25) is 9.59 Å². The first kappa shape index (κ1) is 17.9. The van der Waals surface area contributed by atoms with E-state index in [1.165, 1.54) is 6.08 Å². The minimum Gasteiger partial charge on any atom is -0.378 e. The first-order valence-electron chi connectivity index (χ1n) is 9.28. The predicted octanol–water partition coefficient (Wildman–Crippen LogP) is 4.97. The highest BCUT2D eigenvalue weighted by Crippen LogP contribution is 2.26. The van der Waals surface area contributed by atoms with E-state index in [1.807, 2.05) is 26.2 Å². The van der Waals surface area contributed by atoms with E-state index < -0.39 is 0 Å². The van der Waals surface area contributed by atoms with Crippen molar-refractivity contribution in [1.82, 2.24) is 0 Å². The number of hydrogen-bond acceptors (Lipinski definition) is 3. The molecule has 1 aliphatic carbocycles. The summed E-state index contributed by atoms with van der Waals surface area (Å²) in [6.07, 6.45) is 1.94. The number of anilines is 1. The van der Waals surface area contributed by atoms with Gasteiger partial charge in [-0.2, -0.15) is 0 Å². The summed E-state index contributed by atoms with van der Waals surface area (Å²) in [6, 6.07) is 23.6. The van der Waals surface area contributed by atoms with Gasteiger partial charge in [0.25, 0.3) is 0 Å². The fourth-order valence-corrected chi connectivity index (χ4v) is 3.49. The Bertz CT molecular complexity index is 1070. The van der Waals surface area contributed by atoms with E-state index in [4.69, 9.17) is 0 Å². The fourth-order valence-electron chi connectivity index (χ4n) is 3.49. The van der Waals surface area contributed by atoms with Crippen LogP contribution < -0.4 is 4.90 Å². The summed E-state index contributed by atoms with van der Waals surface area (Å²) >= 11 is 0. The third-order valence-electron chi connectivity index (χ3n) is 5.10. The highest BCUT2D eigenvalue weighted by Gasteiger charge is 2.24. The first-order valence-corrected chi connectivity index (χ1v) is 9.28. The highest BCUT2D eigenvalue weighted by atomic mass is 16.1. The third kappa shape index (κ3) is 3.39. The van der Waals surface area contributed by atoms with Gasteiger partial charge in [0.05, 0.1) is 0 Å². The number of benzene rings is 3. The molecule has 1 aliphatic rings. The molecule has 0 radical (unpaired) electrons. The average molecular weight is 367 g/mol. The molecule has 0 saturated heterocycles. The molecule has 0 amide bonds. The van der Waals surface area contributed by atoms with Gasteiger partial charge < -0.3 is 4.90 Å². The van der Waals surface area contributed by atoms with Crippen LogP contribution in [0.5, 0.6) is 0 Å². The normalized spacial score (nSPS) is 13.1. The number of carbonyl (C=O) groups is 2. The van der Waals surface area contributed by atoms with Crippen molar-refractivity contribution in [3.63, 3.8) is 0 Å². The van der Waals surface area contributed by atoms with Crippen molar-refractivity contribution < 1.29 is 9.59 Å². The lowest BCUT2D eigenvalue weighted by molar-refractivity contribution is 0.0982. The molecule has 3 nitrogen and oxygen atoms in total. The van der Waals surface area contributed by atoms with Gasteiger partial charge in [0.15, 0.2) is 11.6 Å². The molecule has 28 heavy (non-hydrogen) atoms. The molecule has 0 atom stereocenters. The molecule has 0 N–H and O–H groups in total. The third-order valence-corrected chi connectivity index (χ3v) is 5.10. The summed E-state index contributed by atoms with van der Waals surface area (Å²) in [5.41, 5.74) is 5.99. The van der Waals surface area contributed by atoms with Crippen LogP contribution in [0.2, 0.25) is 0 Å². The molecule has 0 aromatic heterocycles. The SMILES string of the molecule is CN(C)c1ccc(-c2ccc(CC3=CC(=O)c4ccccc4C3=O)cc2)cc1. The van der Waals surface area contributed by atoms with Gasteiger partial charge in [0.2, 0.25) is 0 Å². The van der Waals surface area contributed by atoms with E-state index in [2.05, 4.69) is 41.3 Å². The van der Waals surface area contributed by atoms with Gasteiger partial charge in [0, 0.05) is 42.9 Å². The Morgan fingerprint density at radius 1 is 0.714 bits per heavy atom. The van der Waals surface area contributed by atoms with Crippen molar-refractivity contribution >= 4 is 17.3 Å². The zero-order chi connectivity index (χ0) is 19.7. The molecule has 0 heterocycles. The van der Waals surface area contributed by atoms with Crippen LogP contribution in [0.3, 0.4) is 0 Å². The van der Waals surface area contributed by atoms with E-state index >= 15 is 0 Å². The van der Waals surface area contributed by atoms with Gasteiger partial charge in [-0.25, -0.2) is 0 Å². The van der Waals surface area contributed by atoms with Gasteiger partial charge in [-0.15, -0.1) is 0 Å². The van der Waals surface area contributed by atoms with Crippen LogP contribution in [0.25, 0.3) is 11.1 Å². The number of nitrogens with zero attached hydrogens (tertiary/aromatic N) is 1. The molecule has 3 aromatic carbocycles. The molecule has 4 rings (SSSR count). The van der Waals surface area contributed by atoms with Crippen LogP contribution in [-0.2, 0) is 6.42 Å². The monoisotopic (exact) mass is 367 g/mol. The molecule has 0 bridgehead atoms. The zero-order valence-corrected chi connectivity index (χ0v) is 16.0. The quantitative estimate of drug-likeness (QED) is 0.653. The van der Waals surface area contributed by atoms with Gasteiger partial charge in [-0.05, 0) is 34.9 Å². The number of hydrogen-bond donors (Lipinski definition) is 0. The smallest absolute Gasteiger partial charge is 0.190 e. The Hall–Kier alpha value is -3.46. The molecule has 138 valence electrons. The number of allylic oxidation sites excluding steroid dienone is 2. The fraction of sp³-hybridized carbons (Fsp3) is 0.120. The lowest BCUT2D eigenvalue weighted by Crippen LogP contribution is -2.18. The standard InChI is InChI=1S/C25H21NO2/c1-26(2)21-13-11-19(12-14-21)18-9-7-17(8-10-18)15-20-16-24(27)22-5-3-4-6-23(22)25(20)28/h3-14,16H,15H2,1-2H3. The van der Waals surface area contributed by atoms with Gasteiger partial charge >= 0.3 is 0 Å². The Balaban J connectivity index is 1.54. The second kappa shape index (κ2) is 7.28.